The Morgan fingerprint density at radius 2 is 1.18 bits per heavy atom. The van der Waals surface area contributed by atoms with E-state index in [1.54, 1.807) is 0 Å². The Labute approximate surface area is 280 Å². The van der Waals surface area contributed by atoms with E-state index in [9.17, 15) is 5.26 Å². The number of aromatic nitrogens is 2. The Bertz CT molecular complexity index is 3030. The SMILES string of the molecule is [C-]#[N+]c1ccc(-c2ccc(-n3c4ccccc4c4ccc5oc6ccccc6c5c43)c(C#N)c2)c(-n2c3ccccc3c3ccccc32)c1. The summed E-state index contributed by atoms with van der Waals surface area (Å²) in [7, 11) is 0. The topological polar surface area (TPSA) is 51.1 Å². The van der Waals surface area contributed by atoms with Crippen molar-refractivity contribution in [2.75, 3.05) is 0 Å². The molecule has 0 atom stereocenters. The molecule has 0 saturated heterocycles. The van der Waals surface area contributed by atoms with Crippen molar-refractivity contribution in [3.05, 3.63) is 163 Å². The predicted octanol–water partition coefficient (Wildman–Crippen LogP) is 11.9. The summed E-state index contributed by atoms with van der Waals surface area (Å²) < 4.78 is 10.8. The maximum absolute atomic E-state index is 10.8. The summed E-state index contributed by atoms with van der Waals surface area (Å²) in [6.45, 7) is 7.83. The minimum atomic E-state index is 0.549. The quantitative estimate of drug-likeness (QED) is 0.184. The van der Waals surface area contributed by atoms with Gasteiger partial charge in [0.2, 0.25) is 0 Å². The zero-order valence-electron chi connectivity index (χ0n) is 26.1. The highest BCUT2D eigenvalue weighted by molar-refractivity contribution is 6.24. The molecule has 0 aliphatic rings. The van der Waals surface area contributed by atoms with Crippen LogP contribution >= 0.6 is 0 Å². The van der Waals surface area contributed by atoms with Gasteiger partial charge in [0.05, 0.1) is 45.3 Å². The van der Waals surface area contributed by atoms with E-state index in [1.165, 1.54) is 0 Å². The lowest BCUT2D eigenvalue weighted by molar-refractivity contribution is 0.669. The first-order chi connectivity index (χ1) is 24.2. The van der Waals surface area contributed by atoms with Crippen LogP contribution < -0.4 is 0 Å². The van der Waals surface area contributed by atoms with Crippen LogP contribution in [0.1, 0.15) is 5.56 Å². The lowest BCUT2D eigenvalue weighted by Gasteiger charge is -2.17. The third kappa shape index (κ3) is 3.79. The molecule has 49 heavy (non-hydrogen) atoms. The normalized spacial score (nSPS) is 11.6. The lowest BCUT2D eigenvalue weighted by atomic mass is 9.99. The van der Waals surface area contributed by atoms with Gasteiger partial charge in [0.25, 0.3) is 0 Å². The number of para-hydroxylation sites is 4. The molecular formula is C44H24N4O. The molecular weight excluding hydrogens is 601 g/mol. The molecule has 0 aliphatic carbocycles. The number of nitrogens with zero attached hydrogens (tertiary/aromatic N) is 4. The third-order valence-corrected chi connectivity index (χ3v) is 9.78. The van der Waals surface area contributed by atoms with Crippen LogP contribution in [0.3, 0.4) is 0 Å². The number of rotatable bonds is 3. The molecule has 3 heterocycles. The number of nitriles is 1. The van der Waals surface area contributed by atoms with Gasteiger partial charge in [-0.15, -0.1) is 0 Å². The monoisotopic (exact) mass is 624 g/mol. The maximum atomic E-state index is 10.8. The fourth-order valence-corrected chi connectivity index (χ4v) is 7.70. The third-order valence-electron chi connectivity index (χ3n) is 9.78. The summed E-state index contributed by atoms with van der Waals surface area (Å²) in [5.41, 5.74) is 10.4. The molecule has 0 amide bonds. The van der Waals surface area contributed by atoms with Gasteiger partial charge in [-0.25, -0.2) is 4.85 Å². The zero-order chi connectivity index (χ0) is 32.6. The van der Waals surface area contributed by atoms with E-state index >= 15 is 0 Å². The first kappa shape index (κ1) is 27.1. The van der Waals surface area contributed by atoms with Gasteiger partial charge in [-0.3, -0.25) is 0 Å². The average Bonchev–Trinajstić information content (AvgIpc) is 3.82. The van der Waals surface area contributed by atoms with Crippen molar-refractivity contribution < 1.29 is 4.42 Å². The molecule has 7 aromatic carbocycles. The van der Waals surface area contributed by atoms with E-state index in [4.69, 9.17) is 11.0 Å². The van der Waals surface area contributed by atoms with E-state index in [1.807, 2.05) is 66.7 Å². The van der Waals surface area contributed by atoms with Crippen molar-refractivity contribution in [3.8, 4) is 28.6 Å². The van der Waals surface area contributed by atoms with Crippen molar-refractivity contribution in [3.63, 3.8) is 0 Å². The largest absolute Gasteiger partial charge is 0.456 e. The highest BCUT2D eigenvalue weighted by atomic mass is 16.3. The second-order valence-corrected chi connectivity index (χ2v) is 12.3. The molecule has 5 heteroatoms. The molecule has 226 valence electrons. The Kier molecular flexibility index (Phi) is 5.64. The molecule has 0 radical (unpaired) electrons. The molecule has 0 N–H and O–H groups in total. The predicted molar refractivity (Wildman–Crippen MR) is 199 cm³/mol. The second kappa shape index (κ2) is 10.2. The van der Waals surface area contributed by atoms with Crippen molar-refractivity contribution in [1.82, 2.24) is 9.13 Å². The number of benzene rings is 7. The van der Waals surface area contributed by atoms with Crippen molar-refractivity contribution in [1.29, 1.82) is 5.26 Å². The highest BCUT2D eigenvalue weighted by Gasteiger charge is 2.22. The molecule has 0 unspecified atom stereocenters. The van der Waals surface area contributed by atoms with Crippen LogP contribution in [0.2, 0.25) is 0 Å². The van der Waals surface area contributed by atoms with Crippen molar-refractivity contribution >= 4 is 71.2 Å². The van der Waals surface area contributed by atoms with Crippen LogP contribution in [0.5, 0.6) is 0 Å². The minimum Gasteiger partial charge on any atom is -0.456 e. The van der Waals surface area contributed by atoms with Gasteiger partial charge in [-0.1, -0.05) is 91.0 Å². The standard InChI is InChI=1S/C44H24N4O/c1-46-29-19-20-30(40(25-29)47-37-14-6-2-10-31(37)32-11-3-7-15-38(32)47)27-18-22-36(28(24-27)26-45)48-39-16-8-4-12-33(39)34-21-23-42-43(44(34)48)35-13-5-9-17-41(35)49-42/h2-25H. The van der Waals surface area contributed by atoms with Gasteiger partial charge in [0, 0.05) is 38.2 Å². The van der Waals surface area contributed by atoms with Crippen LogP contribution in [-0.2, 0) is 0 Å². The lowest BCUT2D eigenvalue weighted by Crippen LogP contribution is -2.00. The van der Waals surface area contributed by atoms with Gasteiger partial charge in [-0.05, 0) is 60.2 Å². The van der Waals surface area contributed by atoms with E-state index in [0.29, 0.717) is 11.3 Å². The summed E-state index contributed by atoms with van der Waals surface area (Å²) >= 11 is 0. The number of hydrogen-bond acceptors (Lipinski definition) is 2. The molecule has 0 bridgehead atoms. The van der Waals surface area contributed by atoms with Gasteiger partial charge >= 0.3 is 0 Å². The first-order valence-electron chi connectivity index (χ1n) is 16.1. The zero-order valence-corrected chi connectivity index (χ0v) is 26.1. The molecule has 5 nitrogen and oxygen atoms in total. The number of furan rings is 1. The molecule has 3 aromatic heterocycles. The average molecular weight is 625 g/mol. The number of hydrogen-bond donors (Lipinski definition) is 0. The van der Waals surface area contributed by atoms with Crippen molar-refractivity contribution in [2.24, 2.45) is 0 Å². The summed E-state index contributed by atoms with van der Waals surface area (Å²) in [5, 5.41) is 17.3. The fraction of sp³-hybridized carbons (Fsp3) is 0. The molecule has 10 rings (SSSR count). The Morgan fingerprint density at radius 3 is 1.88 bits per heavy atom. The van der Waals surface area contributed by atoms with Crippen LogP contribution in [-0.4, -0.2) is 9.13 Å². The van der Waals surface area contributed by atoms with Gasteiger partial charge in [-0.2, -0.15) is 5.26 Å². The van der Waals surface area contributed by atoms with E-state index < -0.39 is 0 Å². The van der Waals surface area contributed by atoms with E-state index in [0.717, 1.165) is 88.1 Å². The molecule has 10 aromatic rings. The molecule has 0 fully saturated rings. The van der Waals surface area contributed by atoms with E-state index in [2.05, 4.69) is 98.9 Å². The number of fused-ring (bicyclic) bond motifs is 10. The summed E-state index contributed by atoms with van der Waals surface area (Å²) in [4.78, 5) is 3.79. The molecule has 0 saturated carbocycles. The van der Waals surface area contributed by atoms with Crippen LogP contribution in [0, 0.1) is 17.9 Å². The van der Waals surface area contributed by atoms with Crippen LogP contribution in [0.15, 0.2) is 150 Å². The summed E-state index contributed by atoms with van der Waals surface area (Å²) in [6, 6.07) is 51.8. The second-order valence-electron chi connectivity index (χ2n) is 12.3. The van der Waals surface area contributed by atoms with Gasteiger partial charge in [0.1, 0.15) is 17.2 Å². The summed E-state index contributed by atoms with van der Waals surface area (Å²) in [6.07, 6.45) is 0. The smallest absolute Gasteiger partial charge is 0.189 e. The van der Waals surface area contributed by atoms with Gasteiger partial charge in [0.15, 0.2) is 5.69 Å². The Balaban J connectivity index is 1.26. The maximum Gasteiger partial charge on any atom is 0.189 e. The van der Waals surface area contributed by atoms with Crippen LogP contribution in [0.4, 0.5) is 5.69 Å². The van der Waals surface area contributed by atoms with E-state index in [-0.39, 0.29) is 0 Å². The minimum absolute atomic E-state index is 0.549. The first-order valence-corrected chi connectivity index (χ1v) is 16.1. The van der Waals surface area contributed by atoms with Gasteiger partial charge < -0.3 is 13.6 Å². The van der Waals surface area contributed by atoms with Crippen LogP contribution in [0.25, 0.3) is 92.9 Å². The Hall–Kier alpha value is -7.08. The van der Waals surface area contributed by atoms with Crippen molar-refractivity contribution in [2.45, 2.75) is 0 Å². The molecule has 0 spiro atoms. The fourth-order valence-electron chi connectivity index (χ4n) is 7.70. The Morgan fingerprint density at radius 1 is 0.551 bits per heavy atom. The summed E-state index contributed by atoms with van der Waals surface area (Å²) in [5.74, 6) is 0. The highest BCUT2D eigenvalue weighted by Crippen LogP contribution is 2.43. The molecule has 0 aliphatic heterocycles.